The molecule has 1 saturated carbocycles. The van der Waals surface area contributed by atoms with Crippen LogP contribution in [0.3, 0.4) is 0 Å². The van der Waals surface area contributed by atoms with Crippen molar-refractivity contribution in [3.63, 3.8) is 0 Å². The number of amides is 4. The van der Waals surface area contributed by atoms with Crippen molar-refractivity contribution in [2.45, 2.75) is 25.4 Å². The third kappa shape index (κ3) is 3.04. The predicted molar refractivity (Wildman–Crippen MR) is 66.1 cm³/mol. The van der Waals surface area contributed by atoms with Gasteiger partial charge in [-0.1, -0.05) is 6.42 Å². The number of hydrogen-bond donors (Lipinski definition) is 2. The van der Waals surface area contributed by atoms with E-state index >= 15 is 0 Å². The molecule has 0 radical (unpaired) electrons. The van der Waals surface area contributed by atoms with E-state index in [1.54, 1.807) is 0 Å². The molecule has 7 nitrogen and oxygen atoms in total. The van der Waals surface area contributed by atoms with E-state index in [9.17, 15) is 19.5 Å². The maximum Gasteiger partial charge on any atom is 0.327 e. The van der Waals surface area contributed by atoms with Gasteiger partial charge in [0, 0.05) is 19.5 Å². The van der Waals surface area contributed by atoms with Crippen LogP contribution < -0.4 is 5.32 Å². The Labute approximate surface area is 111 Å². The first kappa shape index (κ1) is 13.8. The number of nitrogens with one attached hydrogen (secondary N) is 1. The lowest BCUT2D eigenvalue weighted by Gasteiger charge is -2.17. The molecule has 2 atom stereocenters. The highest BCUT2D eigenvalue weighted by Gasteiger charge is 2.35. The van der Waals surface area contributed by atoms with Crippen molar-refractivity contribution in [1.29, 1.82) is 0 Å². The molecule has 106 valence electrons. The summed E-state index contributed by atoms with van der Waals surface area (Å²) in [6.45, 7) is 0.171. The Kier molecular flexibility index (Phi) is 4.04. The van der Waals surface area contributed by atoms with E-state index in [0.717, 1.165) is 24.2 Å². The first-order chi connectivity index (χ1) is 8.99. The van der Waals surface area contributed by atoms with E-state index in [1.807, 2.05) is 0 Å². The Hall–Kier alpha value is -1.63. The smallest absolute Gasteiger partial charge is 0.327 e. The first-order valence-corrected chi connectivity index (χ1v) is 6.49. The Morgan fingerprint density at radius 3 is 2.68 bits per heavy atom. The first-order valence-electron chi connectivity index (χ1n) is 6.49. The van der Waals surface area contributed by atoms with Crippen LogP contribution in [-0.4, -0.2) is 65.5 Å². The van der Waals surface area contributed by atoms with Crippen molar-refractivity contribution in [1.82, 2.24) is 15.1 Å². The zero-order chi connectivity index (χ0) is 14.0. The monoisotopic (exact) mass is 269 g/mol. The average Bonchev–Trinajstić information content (AvgIpc) is 2.86. The number of imide groups is 1. The lowest BCUT2D eigenvalue weighted by atomic mass is 10.1. The zero-order valence-corrected chi connectivity index (χ0v) is 11.0. The van der Waals surface area contributed by atoms with Gasteiger partial charge in [0.15, 0.2) is 0 Å². The Balaban J connectivity index is 1.78. The SMILES string of the molecule is CN1CC(=O)N(CC(=O)NCC2CCCC2O)C1=O. The van der Waals surface area contributed by atoms with E-state index in [1.165, 1.54) is 11.9 Å². The molecular formula is C12H19N3O4. The minimum absolute atomic E-state index is 0.0213. The van der Waals surface area contributed by atoms with E-state index < -0.39 is 6.03 Å². The van der Waals surface area contributed by atoms with Crippen molar-refractivity contribution in [2.75, 3.05) is 26.7 Å². The molecule has 0 aromatic heterocycles. The van der Waals surface area contributed by atoms with Gasteiger partial charge in [-0.2, -0.15) is 0 Å². The molecule has 1 heterocycles. The summed E-state index contributed by atoms with van der Waals surface area (Å²) >= 11 is 0. The Morgan fingerprint density at radius 2 is 2.16 bits per heavy atom. The fourth-order valence-electron chi connectivity index (χ4n) is 2.52. The minimum atomic E-state index is -0.443. The third-order valence-electron chi connectivity index (χ3n) is 3.71. The van der Waals surface area contributed by atoms with Crippen LogP contribution in [0.25, 0.3) is 0 Å². The molecular weight excluding hydrogens is 250 g/mol. The molecule has 19 heavy (non-hydrogen) atoms. The second-order valence-corrected chi connectivity index (χ2v) is 5.18. The molecule has 1 aliphatic heterocycles. The average molecular weight is 269 g/mol. The Morgan fingerprint density at radius 1 is 1.42 bits per heavy atom. The Bertz CT molecular complexity index is 398. The number of aliphatic hydroxyl groups is 1. The highest BCUT2D eigenvalue weighted by atomic mass is 16.3. The highest BCUT2D eigenvalue weighted by molar-refractivity contribution is 6.04. The van der Waals surface area contributed by atoms with E-state index in [4.69, 9.17) is 0 Å². The zero-order valence-electron chi connectivity index (χ0n) is 11.0. The van der Waals surface area contributed by atoms with Crippen LogP contribution in [0.4, 0.5) is 4.79 Å². The fraction of sp³-hybridized carbons (Fsp3) is 0.750. The molecule has 0 aromatic carbocycles. The summed E-state index contributed by atoms with van der Waals surface area (Å²) < 4.78 is 0. The van der Waals surface area contributed by atoms with Crippen molar-refractivity contribution in [2.24, 2.45) is 5.92 Å². The summed E-state index contributed by atoms with van der Waals surface area (Å²) in [7, 11) is 1.52. The fourth-order valence-corrected chi connectivity index (χ4v) is 2.52. The summed E-state index contributed by atoms with van der Waals surface area (Å²) in [6.07, 6.45) is 2.27. The van der Waals surface area contributed by atoms with Gasteiger partial charge < -0.3 is 15.3 Å². The second-order valence-electron chi connectivity index (χ2n) is 5.18. The van der Waals surface area contributed by atoms with Gasteiger partial charge in [0.05, 0.1) is 6.10 Å². The number of urea groups is 1. The molecule has 2 unspecified atom stereocenters. The molecule has 2 N–H and O–H groups in total. The summed E-state index contributed by atoms with van der Waals surface area (Å²) in [5.74, 6) is -0.642. The van der Waals surface area contributed by atoms with Crippen LogP contribution >= 0.6 is 0 Å². The highest BCUT2D eigenvalue weighted by Crippen LogP contribution is 2.24. The number of carbonyl (C=O) groups excluding carboxylic acids is 3. The van der Waals surface area contributed by atoms with Gasteiger partial charge >= 0.3 is 6.03 Å². The van der Waals surface area contributed by atoms with Crippen LogP contribution in [0.15, 0.2) is 0 Å². The summed E-state index contributed by atoms with van der Waals surface area (Å²) in [6, 6.07) is -0.443. The molecule has 2 aliphatic rings. The number of likely N-dealkylation sites (N-methyl/N-ethyl adjacent to an activating group) is 1. The maximum atomic E-state index is 11.7. The van der Waals surface area contributed by atoms with Gasteiger partial charge in [0.25, 0.3) is 5.91 Å². The lowest BCUT2D eigenvalue weighted by Crippen LogP contribution is -2.42. The quantitative estimate of drug-likeness (QED) is 0.651. The normalized spacial score (nSPS) is 27.3. The van der Waals surface area contributed by atoms with Gasteiger partial charge in [-0.15, -0.1) is 0 Å². The van der Waals surface area contributed by atoms with Gasteiger partial charge in [-0.05, 0) is 12.8 Å². The van der Waals surface area contributed by atoms with Crippen LogP contribution in [0.5, 0.6) is 0 Å². The summed E-state index contributed by atoms with van der Waals surface area (Å²) in [5.41, 5.74) is 0. The number of hydrogen-bond acceptors (Lipinski definition) is 4. The molecule has 0 bridgehead atoms. The molecule has 0 aromatic rings. The lowest BCUT2D eigenvalue weighted by molar-refractivity contribution is -0.130. The standard InChI is InChI=1S/C12H19N3O4/c1-14-7-11(18)15(12(14)19)6-10(17)13-5-8-3-2-4-9(8)16/h8-9,16H,2-7H2,1H3,(H,13,17). The van der Waals surface area contributed by atoms with Gasteiger partial charge in [-0.25, -0.2) is 4.79 Å². The van der Waals surface area contributed by atoms with Crippen molar-refractivity contribution in [3.8, 4) is 0 Å². The molecule has 4 amide bonds. The number of rotatable bonds is 4. The molecule has 2 rings (SSSR count). The minimum Gasteiger partial charge on any atom is -0.393 e. The van der Waals surface area contributed by atoms with E-state index in [0.29, 0.717) is 6.54 Å². The summed E-state index contributed by atoms with van der Waals surface area (Å²) in [5, 5.41) is 12.3. The van der Waals surface area contributed by atoms with Crippen LogP contribution in [0.1, 0.15) is 19.3 Å². The number of carbonyl (C=O) groups is 3. The maximum absolute atomic E-state index is 11.7. The second kappa shape index (κ2) is 5.56. The van der Waals surface area contributed by atoms with Crippen molar-refractivity contribution >= 4 is 17.8 Å². The topological polar surface area (TPSA) is 90.0 Å². The molecule has 2 fully saturated rings. The molecule has 7 heteroatoms. The van der Waals surface area contributed by atoms with E-state index in [2.05, 4.69) is 5.32 Å². The number of nitrogens with zero attached hydrogens (tertiary/aromatic N) is 2. The van der Waals surface area contributed by atoms with Gasteiger partial charge in [0.2, 0.25) is 5.91 Å². The molecule has 1 saturated heterocycles. The van der Waals surface area contributed by atoms with Crippen LogP contribution in [0, 0.1) is 5.92 Å². The number of aliphatic hydroxyl groups excluding tert-OH is 1. The third-order valence-corrected chi connectivity index (χ3v) is 3.71. The van der Waals surface area contributed by atoms with Crippen LogP contribution in [0.2, 0.25) is 0 Å². The van der Waals surface area contributed by atoms with E-state index in [-0.39, 0.29) is 36.9 Å². The summed E-state index contributed by atoms with van der Waals surface area (Å²) in [4.78, 5) is 37.0. The predicted octanol–water partition coefficient (Wildman–Crippen LogP) is -0.842. The van der Waals surface area contributed by atoms with Crippen LogP contribution in [-0.2, 0) is 9.59 Å². The van der Waals surface area contributed by atoms with Crippen molar-refractivity contribution in [3.05, 3.63) is 0 Å². The molecule has 1 aliphatic carbocycles. The van der Waals surface area contributed by atoms with Gasteiger partial charge in [-0.3, -0.25) is 14.5 Å². The van der Waals surface area contributed by atoms with Gasteiger partial charge in [0.1, 0.15) is 13.1 Å². The van der Waals surface area contributed by atoms with Crippen molar-refractivity contribution < 1.29 is 19.5 Å². The molecule has 0 spiro atoms. The largest absolute Gasteiger partial charge is 0.393 e.